The van der Waals surface area contributed by atoms with E-state index in [4.69, 9.17) is 4.74 Å². The Bertz CT molecular complexity index is 368. The number of esters is 2. The minimum atomic E-state index is -4.38. The summed E-state index contributed by atoms with van der Waals surface area (Å²) in [6.45, 7) is -1.40. The lowest BCUT2D eigenvalue weighted by Gasteiger charge is -2.21. The van der Waals surface area contributed by atoms with E-state index in [2.05, 4.69) is 4.74 Å². The lowest BCUT2D eigenvalue weighted by molar-refractivity contribution is -0.180. The lowest BCUT2D eigenvalue weighted by atomic mass is 9.90. The van der Waals surface area contributed by atoms with Crippen LogP contribution in [0.1, 0.15) is 44.9 Å². The Morgan fingerprint density at radius 1 is 1.00 bits per heavy atom. The number of ether oxygens (including phenoxy) is 2. The monoisotopic (exact) mass is 328 g/mol. The van der Waals surface area contributed by atoms with Gasteiger partial charge >= 0.3 is 24.3 Å². The fourth-order valence-electron chi connectivity index (χ4n) is 2.15. The molecule has 0 saturated heterocycles. The molecule has 0 unspecified atom stereocenters. The van der Waals surface area contributed by atoms with Crippen molar-refractivity contribution in [1.29, 1.82) is 0 Å². The normalized spacial score (nSPS) is 16.6. The van der Waals surface area contributed by atoms with Crippen LogP contribution >= 0.6 is 0 Å². The van der Waals surface area contributed by atoms with E-state index in [1.165, 1.54) is 6.42 Å². The smallest absolute Gasteiger partial charge is 0.340 e. The number of carbonyl (C=O) groups is 2. The molecule has 22 heavy (non-hydrogen) atoms. The maximum Gasteiger partial charge on any atom is 0.340 e. The first-order valence-electron chi connectivity index (χ1n) is 7.28. The molecule has 0 N–H and O–H groups in total. The molecule has 0 aromatic heterocycles. The second-order valence-corrected chi connectivity index (χ2v) is 5.41. The van der Waals surface area contributed by atoms with Crippen molar-refractivity contribution in [2.24, 2.45) is 5.92 Å². The third-order valence-corrected chi connectivity index (χ3v) is 3.48. The summed E-state index contributed by atoms with van der Waals surface area (Å²) in [5.41, 5.74) is 0. The minimum absolute atomic E-state index is 0.289. The van der Waals surface area contributed by atoms with Crippen LogP contribution < -0.4 is 0 Å². The summed E-state index contributed by atoms with van der Waals surface area (Å²) in [4.78, 5) is 22.5. The summed E-state index contributed by atoms with van der Waals surface area (Å²) < 4.78 is 57.7. The molecule has 0 aliphatic heterocycles. The van der Waals surface area contributed by atoms with Gasteiger partial charge in [-0.3, -0.25) is 9.59 Å². The van der Waals surface area contributed by atoms with Crippen LogP contribution in [0.5, 0.6) is 0 Å². The Hall–Kier alpha value is -1.34. The molecule has 1 saturated carbocycles. The number of rotatable bonds is 8. The van der Waals surface area contributed by atoms with Crippen molar-refractivity contribution in [3.8, 4) is 0 Å². The first-order chi connectivity index (χ1) is 10.3. The highest BCUT2D eigenvalue weighted by molar-refractivity contribution is 5.77. The fraction of sp³-hybridized carbons (Fsp3) is 0.857. The largest absolute Gasteiger partial charge is 0.465 e. The molecule has 0 bridgehead atoms. The number of alkyl halides is 4. The summed E-state index contributed by atoms with van der Waals surface area (Å²) in [5.74, 6) is -5.80. The molecule has 1 fully saturated rings. The Labute approximate surface area is 126 Å². The van der Waals surface area contributed by atoms with Gasteiger partial charge in [0.05, 0.1) is 19.4 Å². The van der Waals surface area contributed by atoms with Crippen molar-refractivity contribution in [2.75, 3.05) is 13.2 Å². The maximum atomic E-state index is 12.5. The van der Waals surface area contributed by atoms with Crippen LogP contribution in [0.25, 0.3) is 0 Å². The van der Waals surface area contributed by atoms with Gasteiger partial charge in [0.15, 0.2) is 6.61 Å². The van der Waals surface area contributed by atoms with E-state index in [-0.39, 0.29) is 13.0 Å². The summed E-state index contributed by atoms with van der Waals surface area (Å²) >= 11 is 0. The molecule has 1 aliphatic rings. The van der Waals surface area contributed by atoms with Gasteiger partial charge in [-0.25, -0.2) is 8.78 Å². The van der Waals surface area contributed by atoms with Crippen LogP contribution in [-0.4, -0.2) is 37.5 Å². The number of hydrogen-bond donors (Lipinski definition) is 0. The van der Waals surface area contributed by atoms with E-state index in [0.29, 0.717) is 5.92 Å². The number of carbonyl (C=O) groups excluding carboxylic acids is 2. The molecular weight excluding hydrogens is 308 g/mol. The summed E-state index contributed by atoms with van der Waals surface area (Å²) in [7, 11) is 0. The first kappa shape index (κ1) is 18.7. The van der Waals surface area contributed by atoms with E-state index in [9.17, 15) is 27.2 Å². The van der Waals surface area contributed by atoms with Crippen molar-refractivity contribution in [2.45, 2.75) is 57.3 Å². The van der Waals surface area contributed by atoms with Gasteiger partial charge in [0.2, 0.25) is 0 Å². The van der Waals surface area contributed by atoms with E-state index in [1.54, 1.807) is 0 Å². The second-order valence-electron chi connectivity index (χ2n) is 5.41. The van der Waals surface area contributed by atoms with E-state index in [0.717, 1.165) is 25.7 Å². The van der Waals surface area contributed by atoms with Crippen LogP contribution in [-0.2, 0) is 19.1 Å². The van der Waals surface area contributed by atoms with Crippen molar-refractivity contribution >= 4 is 11.9 Å². The maximum absolute atomic E-state index is 12.5. The predicted molar refractivity (Wildman–Crippen MR) is 68.7 cm³/mol. The van der Waals surface area contributed by atoms with E-state index < -0.39 is 37.3 Å². The van der Waals surface area contributed by atoms with Gasteiger partial charge in [0.25, 0.3) is 0 Å². The van der Waals surface area contributed by atoms with Gasteiger partial charge < -0.3 is 9.47 Å². The molecule has 4 nitrogen and oxygen atoms in total. The van der Waals surface area contributed by atoms with Gasteiger partial charge in [0.1, 0.15) is 0 Å². The molecule has 1 aliphatic carbocycles. The first-order valence-corrected chi connectivity index (χ1v) is 7.28. The molecule has 0 radical (unpaired) electrons. The van der Waals surface area contributed by atoms with Crippen LogP contribution in [0, 0.1) is 5.92 Å². The zero-order valence-corrected chi connectivity index (χ0v) is 12.2. The molecule has 128 valence electrons. The number of hydrogen-bond acceptors (Lipinski definition) is 4. The SMILES string of the molecule is O=C(CCC(=O)OCC(F)(F)C(F)F)OCC1CCCCC1. The van der Waals surface area contributed by atoms with Crippen LogP contribution in [0.2, 0.25) is 0 Å². The predicted octanol–water partition coefficient (Wildman–Crippen LogP) is 3.33. The van der Waals surface area contributed by atoms with Gasteiger partial charge in [-0.15, -0.1) is 0 Å². The van der Waals surface area contributed by atoms with Crippen molar-refractivity contribution in [3.63, 3.8) is 0 Å². The van der Waals surface area contributed by atoms with E-state index >= 15 is 0 Å². The molecule has 0 spiro atoms. The highest BCUT2D eigenvalue weighted by atomic mass is 19.3. The molecular formula is C14H20F4O4. The van der Waals surface area contributed by atoms with Crippen LogP contribution in [0.4, 0.5) is 17.6 Å². The average molecular weight is 328 g/mol. The Morgan fingerprint density at radius 3 is 2.09 bits per heavy atom. The summed E-state index contributed by atoms with van der Waals surface area (Å²) in [5, 5.41) is 0. The number of halogens is 4. The molecule has 0 heterocycles. The van der Waals surface area contributed by atoms with Gasteiger partial charge in [-0.05, 0) is 18.8 Å². The van der Waals surface area contributed by atoms with E-state index in [1.807, 2.05) is 0 Å². The van der Waals surface area contributed by atoms with Gasteiger partial charge in [-0.1, -0.05) is 19.3 Å². The third-order valence-electron chi connectivity index (χ3n) is 3.48. The Morgan fingerprint density at radius 2 is 1.55 bits per heavy atom. The molecule has 0 aromatic carbocycles. The topological polar surface area (TPSA) is 52.6 Å². The third kappa shape index (κ3) is 7.09. The van der Waals surface area contributed by atoms with Crippen molar-refractivity contribution in [3.05, 3.63) is 0 Å². The Balaban J connectivity index is 2.13. The molecule has 0 aromatic rings. The van der Waals surface area contributed by atoms with Crippen molar-refractivity contribution in [1.82, 2.24) is 0 Å². The highest BCUT2D eigenvalue weighted by Crippen LogP contribution is 2.24. The molecule has 0 atom stereocenters. The molecule has 8 heteroatoms. The molecule has 1 rings (SSSR count). The van der Waals surface area contributed by atoms with Crippen LogP contribution in [0.3, 0.4) is 0 Å². The summed E-state index contributed by atoms with van der Waals surface area (Å²) in [6.07, 6.45) is 0.699. The van der Waals surface area contributed by atoms with Gasteiger partial charge in [0, 0.05) is 0 Å². The standard InChI is InChI=1S/C14H20F4O4/c15-13(16)14(17,18)9-22-12(20)7-6-11(19)21-8-10-4-2-1-3-5-10/h10,13H,1-9H2. The summed E-state index contributed by atoms with van der Waals surface area (Å²) in [6, 6.07) is 0. The van der Waals surface area contributed by atoms with Gasteiger partial charge in [-0.2, -0.15) is 8.78 Å². The lowest BCUT2D eigenvalue weighted by Crippen LogP contribution is -2.33. The molecule has 0 amide bonds. The highest BCUT2D eigenvalue weighted by Gasteiger charge is 2.42. The fourth-order valence-corrected chi connectivity index (χ4v) is 2.15. The second kappa shape index (κ2) is 8.95. The average Bonchev–Trinajstić information content (AvgIpc) is 2.49. The quantitative estimate of drug-likeness (QED) is 0.506. The van der Waals surface area contributed by atoms with Crippen LogP contribution in [0.15, 0.2) is 0 Å². The van der Waals surface area contributed by atoms with Crippen molar-refractivity contribution < 1.29 is 36.6 Å². The zero-order chi connectivity index (χ0) is 16.6. The Kier molecular flexibility index (Phi) is 7.61. The minimum Gasteiger partial charge on any atom is -0.465 e. The zero-order valence-electron chi connectivity index (χ0n) is 12.2.